The third-order valence-corrected chi connectivity index (χ3v) is 5.61. The molecule has 0 aliphatic rings. The number of nitrogens with one attached hydrogen (secondary N) is 2. The predicted octanol–water partition coefficient (Wildman–Crippen LogP) is 3.74. The van der Waals surface area contributed by atoms with Crippen LogP contribution in [0.3, 0.4) is 0 Å². The Morgan fingerprint density at radius 2 is 1.70 bits per heavy atom. The van der Waals surface area contributed by atoms with Gasteiger partial charge in [0.2, 0.25) is 15.9 Å². The first-order valence-electron chi connectivity index (χ1n) is 8.65. The lowest BCUT2D eigenvalue weighted by molar-refractivity contribution is -0.116. The molecule has 1 amide bonds. The summed E-state index contributed by atoms with van der Waals surface area (Å²) in [7, 11) is -3.69. The molecule has 2 aromatic carbocycles. The molecule has 0 aromatic heterocycles. The van der Waals surface area contributed by atoms with Crippen molar-refractivity contribution in [3.63, 3.8) is 0 Å². The number of halogens is 1. The second-order valence-corrected chi connectivity index (χ2v) is 9.20. The molecular formula is C20H25FN2O3S. The molecular weight excluding hydrogens is 367 g/mol. The van der Waals surface area contributed by atoms with Crippen molar-refractivity contribution in [1.29, 1.82) is 0 Å². The van der Waals surface area contributed by atoms with E-state index in [0.29, 0.717) is 11.3 Å². The Labute approximate surface area is 160 Å². The van der Waals surface area contributed by atoms with Gasteiger partial charge in [0.15, 0.2) is 0 Å². The van der Waals surface area contributed by atoms with Gasteiger partial charge in [0.25, 0.3) is 0 Å². The van der Waals surface area contributed by atoms with Gasteiger partial charge in [-0.3, -0.25) is 4.79 Å². The van der Waals surface area contributed by atoms with Crippen molar-refractivity contribution in [2.24, 2.45) is 0 Å². The number of hydrogen-bond acceptors (Lipinski definition) is 3. The van der Waals surface area contributed by atoms with Crippen molar-refractivity contribution in [2.75, 3.05) is 11.9 Å². The first-order valence-corrected chi connectivity index (χ1v) is 10.1. The molecule has 7 heteroatoms. The van der Waals surface area contributed by atoms with E-state index in [1.165, 1.54) is 6.07 Å². The van der Waals surface area contributed by atoms with E-state index in [9.17, 15) is 17.6 Å². The lowest BCUT2D eigenvalue weighted by atomic mass is 9.87. The van der Waals surface area contributed by atoms with Crippen LogP contribution in [-0.4, -0.2) is 20.9 Å². The summed E-state index contributed by atoms with van der Waals surface area (Å²) in [5.74, 6) is -0.809. The van der Waals surface area contributed by atoms with Crippen LogP contribution >= 0.6 is 0 Å². The lowest BCUT2D eigenvalue weighted by Crippen LogP contribution is -2.28. The molecule has 0 radical (unpaired) electrons. The molecule has 27 heavy (non-hydrogen) atoms. The Hall–Kier alpha value is -2.25. The second kappa shape index (κ2) is 8.19. The van der Waals surface area contributed by atoms with E-state index < -0.39 is 21.7 Å². The zero-order valence-electron chi connectivity index (χ0n) is 16.0. The van der Waals surface area contributed by atoms with Crippen molar-refractivity contribution in [3.05, 3.63) is 59.4 Å². The van der Waals surface area contributed by atoms with E-state index in [0.717, 1.165) is 5.56 Å². The molecule has 0 heterocycles. The summed E-state index contributed by atoms with van der Waals surface area (Å²) in [6, 6.07) is 11.1. The van der Waals surface area contributed by atoms with Crippen LogP contribution in [0.25, 0.3) is 0 Å². The third kappa shape index (κ3) is 5.87. The maximum atomic E-state index is 13.5. The minimum Gasteiger partial charge on any atom is -0.326 e. The highest BCUT2D eigenvalue weighted by atomic mass is 32.2. The summed E-state index contributed by atoms with van der Waals surface area (Å²) in [6.07, 6.45) is -0.0607. The van der Waals surface area contributed by atoms with Gasteiger partial charge >= 0.3 is 0 Å². The summed E-state index contributed by atoms with van der Waals surface area (Å²) in [5.41, 5.74) is 1.79. The number of anilines is 1. The number of carbonyl (C=O) groups excluding carboxylic acids is 1. The number of aryl methyl sites for hydroxylation is 1. The first kappa shape index (κ1) is 21.1. The second-order valence-electron chi connectivity index (χ2n) is 7.43. The van der Waals surface area contributed by atoms with Crippen molar-refractivity contribution < 1.29 is 17.6 Å². The first-order chi connectivity index (χ1) is 12.5. The van der Waals surface area contributed by atoms with Gasteiger partial charge in [-0.05, 0) is 47.7 Å². The highest BCUT2D eigenvalue weighted by molar-refractivity contribution is 7.89. The van der Waals surface area contributed by atoms with Gasteiger partial charge in [-0.2, -0.15) is 0 Å². The molecule has 2 N–H and O–H groups in total. The van der Waals surface area contributed by atoms with Crippen molar-refractivity contribution in [2.45, 2.75) is 44.4 Å². The molecule has 0 atom stereocenters. The molecule has 2 aromatic rings. The fourth-order valence-corrected chi connectivity index (χ4v) is 3.44. The molecule has 0 aliphatic heterocycles. The Kier molecular flexibility index (Phi) is 6.38. The van der Waals surface area contributed by atoms with Crippen molar-refractivity contribution in [3.8, 4) is 0 Å². The quantitative estimate of drug-likeness (QED) is 0.786. The molecule has 0 fully saturated rings. The predicted molar refractivity (Wildman–Crippen MR) is 105 cm³/mol. The van der Waals surface area contributed by atoms with Crippen LogP contribution < -0.4 is 10.0 Å². The van der Waals surface area contributed by atoms with E-state index in [-0.39, 0.29) is 23.3 Å². The fraction of sp³-hybridized carbons (Fsp3) is 0.350. The van der Waals surface area contributed by atoms with E-state index in [1.807, 2.05) is 20.8 Å². The van der Waals surface area contributed by atoms with Crippen LogP contribution in [0.2, 0.25) is 0 Å². The lowest BCUT2D eigenvalue weighted by Gasteiger charge is -2.19. The number of sulfonamides is 1. The van der Waals surface area contributed by atoms with Gasteiger partial charge in [0.05, 0.1) is 4.90 Å². The Bertz CT molecular complexity index is 917. The normalized spacial score (nSPS) is 12.0. The minimum atomic E-state index is -3.69. The van der Waals surface area contributed by atoms with Gasteiger partial charge in [-0.25, -0.2) is 17.5 Å². The summed E-state index contributed by atoms with van der Waals surface area (Å²) in [5, 5.41) is 2.55. The van der Waals surface area contributed by atoms with Gasteiger partial charge in [0, 0.05) is 18.7 Å². The molecule has 0 aliphatic carbocycles. The van der Waals surface area contributed by atoms with Crippen LogP contribution in [0.15, 0.2) is 47.4 Å². The van der Waals surface area contributed by atoms with Gasteiger partial charge < -0.3 is 5.32 Å². The summed E-state index contributed by atoms with van der Waals surface area (Å²) < 4.78 is 40.5. The SMILES string of the molecule is Cc1ccc(NC(=O)CCNS(=O)(=O)c2ccc(C(C)(C)C)cc2)cc1F. The summed E-state index contributed by atoms with van der Waals surface area (Å²) in [4.78, 5) is 12.1. The maximum Gasteiger partial charge on any atom is 0.240 e. The molecule has 0 saturated carbocycles. The standard InChI is InChI=1S/C20H25FN2O3S/c1-14-5-8-16(13-18(14)21)23-19(24)11-12-22-27(25,26)17-9-6-15(7-10-17)20(2,3)4/h5-10,13,22H,11-12H2,1-4H3,(H,23,24). The van der Waals surface area contributed by atoms with E-state index >= 15 is 0 Å². The molecule has 0 bridgehead atoms. The monoisotopic (exact) mass is 392 g/mol. The largest absolute Gasteiger partial charge is 0.326 e. The molecule has 0 spiro atoms. The number of hydrogen-bond donors (Lipinski definition) is 2. The zero-order chi connectivity index (χ0) is 20.2. The van der Waals surface area contributed by atoms with Crippen LogP contribution in [-0.2, 0) is 20.2 Å². The average molecular weight is 392 g/mol. The topological polar surface area (TPSA) is 75.3 Å². The van der Waals surface area contributed by atoms with Crippen LogP contribution in [0.4, 0.5) is 10.1 Å². The highest BCUT2D eigenvalue weighted by Gasteiger charge is 2.17. The Morgan fingerprint density at radius 3 is 2.26 bits per heavy atom. The molecule has 146 valence electrons. The van der Waals surface area contributed by atoms with E-state index in [1.54, 1.807) is 43.3 Å². The number of amides is 1. The third-order valence-electron chi connectivity index (χ3n) is 4.13. The number of carbonyl (C=O) groups is 1. The number of rotatable bonds is 6. The van der Waals surface area contributed by atoms with Crippen molar-refractivity contribution >= 4 is 21.6 Å². The highest BCUT2D eigenvalue weighted by Crippen LogP contribution is 2.23. The van der Waals surface area contributed by atoms with E-state index in [4.69, 9.17) is 0 Å². The van der Waals surface area contributed by atoms with Crippen LogP contribution in [0.5, 0.6) is 0 Å². The van der Waals surface area contributed by atoms with Gasteiger partial charge in [-0.1, -0.05) is 39.0 Å². The Morgan fingerprint density at radius 1 is 1.07 bits per heavy atom. The van der Waals surface area contributed by atoms with Crippen molar-refractivity contribution in [1.82, 2.24) is 4.72 Å². The molecule has 0 unspecified atom stereocenters. The van der Waals surface area contributed by atoms with Gasteiger partial charge in [-0.15, -0.1) is 0 Å². The number of benzene rings is 2. The van der Waals surface area contributed by atoms with Crippen LogP contribution in [0, 0.1) is 12.7 Å². The smallest absolute Gasteiger partial charge is 0.240 e. The molecule has 5 nitrogen and oxygen atoms in total. The molecule has 0 saturated heterocycles. The fourth-order valence-electron chi connectivity index (χ4n) is 2.41. The average Bonchev–Trinajstić information content (AvgIpc) is 2.57. The maximum absolute atomic E-state index is 13.5. The van der Waals surface area contributed by atoms with Crippen LogP contribution in [0.1, 0.15) is 38.3 Å². The van der Waals surface area contributed by atoms with Gasteiger partial charge in [0.1, 0.15) is 5.82 Å². The summed E-state index contributed by atoms with van der Waals surface area (Å²) in [6.45, 7) is 7.72. The Balaban J connectivity index is 1.91. The summed E-state index contributed by atoms with van der Waals surface area (Å²) >= 11 is 0. The van der Waals surface area contributed by atoms with E-state index in [2.05, 4.69) is 10.0 Å². The molecule has 2 rings (SSSR count). The minimum absolute atomic E-state index is 0.0521. The zero-order valence-corrected chi connectivity index (χ0v) is 16.8.